The Hall–Kier alpha value is -0.0800. The highest BCUT2D eigenvalue weighted by Crippen LogP contribution is 2.27. The van der Waals surface area contributed by atoms with Gasteiger partial charge in [-0.1, -0.05) is 19.8 Å². The van der Waals surface area contributed by atoms with Crippen molar-refractivity contribution in [1.29, 1.82) is 0 Å². The second kappa shape index (κ2) is 3.97. The summed E-state index contributed by atoms with van der Waals surface area (Å²) in [6, 6.07) is 0.827. The number of nitrogens with zero attached hydrogens (tertiary/aromatic N) is 1. The maximum atomic E-state index is 5.26. The zero-order valence-electron chi connectivity index (χ0n) is 8.83. The summed E-state index contributed by atoms with van der Waals surface area (Å²) in [6.07, 6.45) is 6.20. The largest absolute Gasteiger partial charge is 0.372 e. The average molecular weight is 183 g/mol. The highest BCUT2D eigenvalue weighted by molar-refractivity contribution is 4.81. The molecule has 1 heterocycles. The van der Waals surface area contributed by atoms with Crippen LogP contribution in [0, 0.1) is 5.92 Å². The SMILES string of the molecule is CC1CCCC(N(C)C[C@H]2CO2)C1. The van der Waals surface area contributed by atoms with Gasteiger partial charge in [0.2, 0.25) is 0 Å². The molecule has 0 bridgehead atoms. The first-order chi connectivity index (χ1) is 6.25. The zero-order chi connectivity index (χ0) is 9.26. The van der Waals surface area contributed by atoms with Crippen molar-refractivity contribution in [1.82, 2.24) is 4.90 Å². The van der Waals surface area contributed by atoms with Crippen LogP contribution in [0.25, 0.3) is 0 Å². The number of hydrogen-bond donors (Lipinski definition) is 0. The molecule has 0 aromatic heterocycles. The number of ether oxygens (including phenoxy) is 1. The molecule has 0 N–H and O–H groups in total. The second-order valence-corrected chi connectivity index (χ2v) is 4.82. The van der Waals surface area contributed by atoms with Gasteiger partial charge in [-0.3, -0.25) is 0 Å². The van der Waals surface area contributed by atoms with Gasteiger partial charge in [-0.2, -0.15) is 0 Å². The van der Waals surface area contributed by atoms with Crippen molar-refractivity contribution in [3.8, 4) is 0 Å². The van der Waals surface area contributed by atoms with Crippen molar-refractivity contribution in [2.75, 3.05) is 20.2 Å². The molecule has 0 radical (unpaired) electrons. The summed E-state index contributed by atoms with van der Waals surface area (Å²) >= 11 is 0. The molecule has 13 heavy (non-hydrogen) atoms. The maximum absolute atomic E-state index is 5.26. The van der Waals surface area contributed by atoms with E-state index in [4.69, 9.17) is 4.74 Å². The van der Waals surface area contributed by atoms with Crippen LogP contribution >= 0.6 is 0 Å². The monoisotopic (exact) mass is 183 g/mol. The number of epoxide rings is 1. The third-order valence-electron chi connectivity index (χ3n) is 3.43. The topological polar surface area (TPSA) is 15.8 Å². The molecule has 1 aliphatic carbocycles. The van der Waals surface area contributed by atoms with Gasteiger partial charge in [0.25, 0.3) is 0 Å². The van der Waals surface area contributed by atoms with E-state index < -0.39 is 0 Å². The lowest BCUT2D eigenvalue weighted by atomic mass is 9.86. The van der Waals surface area contributed by atoms with Crippen LogP contribution in [0.1, 0.15) is 32.6 Å². The number of hydrogen-bond acceptors (Lipinski definition) is 2. The molecule has 2 heteroatoms. The predicted molar refractivity (Wildman–Crippen MR) is 53.8 cm³/mol. The minimum atomic E-state index is 0.558. The van der Waals surface area contributed by atoms with Crippen LogP contribution in [0.5, 0.6) is 0 Å². The first-order valence-corrected chi connectivity index (χ1v) is 5.57. The Morgan fingerprint density at radius 2 is 2.15 bits per heavy atom. The van der Waals surface area contributed by atoms with Crippen LogP contribution in [0.3, 0.4) is 0 Å². The van der Waals surface area contributed by atoms with Gasteiger partial charge in [-0.25, -0.2) is 0 Å². The van der Waals surface area contributed by atoms with Crippen molar-refractivity contribution in [2.45, 2.75) is 44.8 Å². The lowest BCUT2D eigenvalue weighted by molar-refractivity contribution is 0.153. The molecule has 3 atom stereocenters. The highest BCUT2D eigenvalue weighted by atomic mass is 16.6. The number of likely N-dealkylation sites (N-methyl/N-ethyl adjacent to an activating group) is 1. The van der Waals surface area contributed by atoms with Gasteiger partial charge in [0.05, 0.1) is 12.7 Å². The smallest absolute Gasteiger partial charge is 0.0936 e. The molecule has 0 amide bonds. The fourth-order valence-electron chi connectivity index (χ4n) is 2.45. The minimum absolute atomic E-state index is 0.558. The van der Waals surface area contributed by atoms with Crippen molar-refractivity contribution in [3.05, 3.63) is 0 Å². The lowest BCUT2D eigenvalue weighted by Gasteiger charge is -2.33. The third kappa shape index (κ3) is 2.68. The van der Waals surface area contributed by atoms with E-state index >= 15 is 0 Å². The average Bonchev–Trinajstić information content (AvgIpc) is 2.88. The molecular formula is C11H21NO. The van der Waals surface area contributed by atoms with E-state index in [2.05, 4.69) is 18.9 Å². The van der Waals surface area contributed by atoms with Crippen LogP contribution in [0.2, 0.25) is 0 Å². The zero-order valence-corrected chi connectivity index (χ0v) is 8.83. The Kier molecular flexibility index (Phi) is 2.89. The van der Waals surface area contributed by atoms with Crippen molar-refractivity contribution >= 4 is 0 Å². The van der Waals surface area contributed by atoms with Crippen molar-refractivity contribution in [3.63, 3.8) is 0 Å². The van der Waals surface area contributed by atoms with Crippen LogP contribution in [0.4, 0.5) is 0 Å². The summed E-state index contributed by atoms with van der Waals surface area (Å²) in [5.41, 5.74) is 0. The van der Waals surface area contributed by atoms with E-state index in [1.165, 1.54) is 25.7 Å². The molecule has 1 aliphatic heterocycles. The van der Waals surface area contributed by atoms with Crippen LogP contribution in [0.15, 0.2) is 0 Å². The van der Waals surface area contributed by atoms with Gasteiger partial charge >= 0.3 is 0 Å². The molecule has 2 nitrogen and oxygen atoms in total. The molecule has 2 unspecified atom stereocenters. The molecular weight excluding hydrogens is 162 g/mol. The molecule has 0 spiro atoms. The van der Waals surface area contributed by atoms with E-state index in [-0.39, 0.29) is 0 Å². The van der Waals surface area contributed by atoms with Crippen LogP contribution < -0.4 is 0 Å². The van der Waals surface area contributed by atoms with Gasteiger partial charge < -0.3 is 9.64 Å². The van der Waals surface area contributed by atoms with Crippen LogP contribution in [-0.2, 0) is 4.74 Å². The summed E-state index contributed by atoms with van der Waals surface area (Å²) < 4.78 is 5.26. The summed E-state index contributed by atoms with van der Waals surface area (Å²) in [5.74, 6) is 0.932. The molecule has 1 saturated carbocycles. The van der Waals surface area contributed by atoms with Crippen LogP contribution in [-0.4, -0.2) is 37.2 Å². The van der Waals surface area contributed by atoms with Gasteiger partial charge in [0.15, 0.2) is 0 Å². The highest BCUT2D eigenvalue weighted by Gasteiger charge is 2.28. The fourth-order valence-corrected chi connectivity index (χ4v) is 2.45. The summed E-state index contributed by atoms with van der Waals surface area (Å²) in [4.78, 5) is 2.51. The normalized spacial score (nSPS) is 39.5. The molecule has 2 aliphatic rings. The molecule has 1 saturated heterocycles. The quantitative estimate of drug-likeness (QED) is 0.621. The number of rotatable bonds is 3. The molecule has 2 rings (SSSR count). The van der Waals surface area contributed by atoms with E-state index in [1.54, 1.807) is 0 Å². The standard InChI is InChI=1S/C11H21NO/c1-9-4-3-5-10(6-9)12(2)7-11-8-13-11/h9-11H,3-8H2,1-2H3/t9?,10?,11-/m0/s1. The Bertz CT molecular complexity index is 167. The van der Waals surface area contributed by atoms with E-state index in [1.807, 2.05) is 0 Å². The summed E-state index contributed by atoms with van der Waals surface area (Å²) in [6.45, 7) is 4.53. The second-order valence-electron chi connectivity index (χ2n) is 4.82. The predicted octanol–water partition coefficient (Wildman–Crippen LogP) is 1.90. The Morgan fingerprint density at radius 3 is 2.77 bits per heavy atom. The molecule has 0 aromatic carbocycles. The first-order valence-electron chi connectivity index (χ1n) is 5.57. The summed E-state index contributed by atoms with van der Waals surface area (Å²) in [7, 11) is 2.25. The molecule has 76 valence electrons. The summed E-state index contributed by atoms with van der Waals surface area (Å²) in [5, 5.41) is 0. The fraction of sp³-hybridized carbons (Fsp3) is 1.00. The Balaban J connectivity index is 1.76. The first kappa shape index (κ1) is 9.47. The van der Waals surface area contributed by atoms with Gasteiger partial charge in [0.1, 0.15) is 0 Å². The van der Waals surface area contributed by atoms with E-state index in [9.17, 15) is 0 Å². The minimum Gasteiger partial charge on any atom is -0.372 e. The van der Waals surface area contributed by atoms with Crippen molar-refractivity contribution < 1.29 is 4.74 Å². The van der Waals surface area contributed by atoms with E-state index in [0.29, 0.717) is 6.10 Å². The molecule has 2 fully saturated rings. The van der Waals surface area contributed by atoms with Gasteiger partial charge in [-0.15, -0.1) is 0 Å². The third-order valence-corrected chi connectivity index (χ3v) is 3.43. The lowest BCUT2D eigenvalue weighted by Crippen LogP contribution is -2.37. The molecule has 0 aromatic rings. The van der Waals surface area contributed by atoms with Gasteiger partial charge in [0, 0.05) is 12.6 Å². The van der Waals surface area contributed by atoms with Gasteiger partial charge in [-0.05, 0) is 25.8 Å². The maximum Gasteiger partial charge on any atom is 0.0936 e. The Morgan fingerprint density at radius 1 is 1.38 bits per heavy atom. The van der Waals surface area contributed by atoms with E-state index in [0.717, 1.165) is 25.1 Å². The Labute approximate surface area is 81.3 Å². The van der Waals surface area contributed by atoms with Crippen molar-refractivity contribution in [2.24, 2.45) is 5.92 Å².